The van der Waals surface area contributed by atoms with Crippen molar-refractivity contribution in [2.45, 2.75) is 25.8 Å². The van der Waals surface area contributed by atoms with Gasteiger partial charge in [-0.15, -0.1) is 0 Å². The Hall–Kier alpha value is -2.98. The molecule has 0 amide bonds. The van der Waals surface area contributed by atoms with Gasteiger partial charge in [-0.1, -0.05) is 62.4 Å². The molecule has 30 heavy (non-hydrogen) atoms. The van der Waals surface area contributed by atoms with Gasteiger partial charge in [-0.05, 0) is 48.0 Å². The van der Waals surface area contributed by atoms with Crippen LogP contribution in [0.25, 0.3) is 0 Å². The lowest BCUT2D eigenvalue weighted by Gasteiger charge is -2.26. The van der Waals surface area contributed by atoms with E-state index in [0.717, 1.165) is 29.4 Å². The second-order valence-corrected chi connectivity index (χ2v) is 7.73. The number of ether oxygens (including phenoxy) is 3. The van der Waals surface area contributed by atoms with E-state index in [4.69, 9.17) is 14.2 Å². The van der Waals surface area contributed by atoms with Crippen molar-refractivity contribution in [1.82, 2.24) is 5.32 Å². The third kappa shape index (κ3) is 5.33. The molecule has 158 valence electrons. The van der Waals surface area contributed by atoms with E-state index in [1.54, 1.807) is 7.11 Å². The lowest BCUT2D eigenvalue weighted by atomic mass is 9.78. The molecule has 4 nitrogen and oxygen atoms in total. The molecule has 0 saturated heterocycles. The third-order valence-corrected chi connectivity index (χ3v) is 5.29. The Bertz CT molecular complexity index is 921. The van der Waals surface area contributed by atoms with E-state index in [9.17, 15) is 0 Å². The van der Waals surface area contributed by atoms with Gasteiger partial charge in [0.2, 0.25) is 0 Å². The van der Waals surface area contributed by atoms with Crippen molar-refractivity contribution >= 4 is 0 Å². The molecular weight excluding hydrogens is 374 g/mol. The molecule has 4 heteroatoms. The van der Waals surface area contributed by atoms with Crippen LogP contribution in [0.1, 0.15) is 30.5 Å². The molecule has 3 aromatic rings. The van der Waals surface area contributed by atoms with Gasteiger partial charge in [0.1, 0.15) is 19.0 Å². The molecule has 0 bridgehead atoms. The molecule has 1 N–H and O–H groups in total. The predicted molar refractivity (Wildman–Crippen MR) is 122 cm³/mol. The molecule has 0 fully saturated rings. The first-order valence-corrected chi connectivity index (χ1v) is 10.3. The van der Waals surface area contributed by atoms with Crippen LogP contribution in [0.4, 0.5) is 0 Å². The van der Waals surface area contributed by atoms with Crippen molar-refractivity contribution in [3.63, 3.8) is 0 Å². The first-order valence-electron chi connectivity index (χ1n) is 10.3. The molecular formula is C26H31NO3. The van der Waals surface area contributed by atoms with Gasteiger partial charge >= 0.3 is 0 Å². The maximum Gasteiger partial charge on any atom is 0.161 e. The van der Waals surface area contributed by atoms with Crippen molar-refractivity contribution in [3.8, 4) is 17.2 Å². The maximum absolute atomic E-state index is 5.89. The SMILES string of the molecule is CNCc1ccc(OC)c(OCCOc2ccc(C(C)(C)c3ccccc3)cc2)c1. The van der Waals surface area contributed by atoms with Gasteiger partial charge in [0.05, 0.1) is 7.11 Å². The van der Waals surface area contributed by atoms with Gasteiger partial charge in [0, 0.05) is 12.0 Å². The molecule has 0 unspecified atom stereocenters. The second-order valence-electron chi connectivity index (χ2n) is 7.73. The Morgan fingerprint density at radius 2 is 1.43 bits per heavy atom. The highest BCUT2D eigenvalue weighted by molar-refractivity contribution is 5.43. The highest BCUT2D eigenvalue weighted by atomic mass is 16.5. The number of nitrogens with one attached hydrogen (secondary N) is 1. The molecule has 0 radical (unpaired) electrons. The summed E-state index contributed by atoms with van der Waals surface area (Å²) in [6.07, 6.45) is 0. The molecule has 0 heterocycles. The standard InChI is InChI=1S/C26H31NO3/c1-26(2,21-8-6-5-7-9-21)22-11-13-23(14-12-22)29-16-17-30-25-18-20(19-27-3)10-15-24(25)28-4/h5-15,18,27H,16-17,19H2,1-4H3. The molecule has 3 aromatic carbocycles. The zero-order valence-electron chi connectivity index (χ0n) is 18.3. The van der Waals surface area contributed by atoms with Crippen LogP contribution in [0, 0.1) is 0 Å². The monoisotopic (exact) mass is 405 g/mol. The number of benzene rings is 3. The zero-order chi connectivity index (χ0) is 21.4. The minimum Gasteiger partial charge on any atom is -0.493 e. The smallest absolute Gasteiger partial charge is 0.161 e. The van der Waals surface area contributed by atoms with E-state index < -0.39 is 0 Å². The number of methoxy groups -OCH3 is 1. The zero-order valence-corrected chi connectivity index (χ0v) is 18.3. The van der Waals surface area contributed by atoms with Crippen LogP contribution in [0.15, 0.2) is 72.8 Å². The molecule has 0 aliphatic carbocycles. The van der Waals surface area contributed by atoms with E-state index in [1.807, 2.05) is 43.4 Å². The number of hydrogen-bond donors (Lipinski definition) is 1. The quantitative estimate of drug-likeness (QED) is 0.471. The largest absolute Gasteiger partial charge is 0.493 e. The van der Waals surface area contributed by atoms with Crippen LogP contribution in [0.5, 0.6) is 17.2 Å². The number of hydrogen-bond acceptors (Lipinski definition) is 4. The van der Waals surface area contributed by atoms with Crippen LogP contribution >= 0.6 is 0 Å². The summed E-state index contributed by atoms with van der Waals surface area (Å²) in [6.45, 7) is 6.16. The Morgan fingerprint density at radius 3 is 2.10 bits per heavy atom. The topological polar surface area (TPSA) is 39.7 Å². The fraction of sp³-hybridized carbons (Fsp3) is 0.308. The molecule has 0 aliphatic rings. The normalized spacial score (nSPS) is 11.2. The molecule has 0 atom stereocenters. The predicted octanol–water partition coefficient (Wildman–Crippen LogP) is 5.20. The van der Waals surface area contributed by atoms with Gasteiger partial charge in [-0.25, -0.2) is 0 Å². The molecule has 0 saturated carbocycles. The van der Waals surface area contributed by atoms with Crippen LogP contribution < -0.4 is 19.5 Å². The van der Waals surface area contributed by atoms with E-state index in [-0.39, 0.29) is 5.41 Å². The van der Waals surface area contributed by atoms with Crippen LogP contribution in [-0.2, 0) is 12.0 Å². The first-order chi connectivity index (χ1) is 14.5. The van der Waals surface area contributed by atoms with Crippen molar-refractivity contribution in [2.75, 3.05) is 27.4 Å². The Balaban J connectivity index is 1.56. The summed E-state index contributed by atoms with van der Waals surface area (Å²) in [5.41, 5.74) is 3.63. The summed E-state index contributed by atoms with van der Waals surface area (Å²) >= 11 is 0. The average Bonchev–Trinajstić information content (AvgIpc) is 2.78. The fourth-order valence-electron chi connectivity index (χ4n) is 3.45. The van der Waals surface area contributed by atoms with Gasteiger partial charge in [0.15, 0.2) is 11.5 Å². The van der Waals surface area contributed by atoms with Crippen molar-refractivity contribution in [3.05, 3.63) is 89.5 Å². The van der Waals surface area contributed by atoms with Crippen molar-refractivity contribution < 1.29 is 14.2 Å². The lowest BCUT2D eigenvalue weighted by molar-refractivity contribution is 0.211. The van der Waals surface area contributed by atoms with E-state index >= 15 is 0 Å². The van der Waals surface area contributed by atoms with Crippen LogP contribution in [0.3, 0.4) is 0 Å². The Morgan fingerprint density at radius 1 is 0.767 bits per heavy atom. The Kier molecular flexibility index (Phi) is 7.36. The Labute approximate surface area is 179 Å². The number of rotatable bonds is 10. The molecule has 0 spiro atoms. The minimum atomic E-state index is -0.0577. The highest BCUT2D eigenvalue weighted by Crippen LogP contribution is 2.32. The molecule has 0 aromatic heterocycles. The van der Waals surface area contributed by atoms with E-state index in [2.05, 4.69) is 55.6 Å². The average molecular weight is 406 g/mol. The summed E-state index contributed by atoms with van der Waals surface area (Å²) in [4.78, 5) is 0. The highest BCUT2D eigenvalue weighted by Gasteiger charge is 2.22. The van der Waals surface area contributed by atoms with Crippen molar-refractivity contribution in [2.24, 2.45) is 0 Å². The van der Waals surface area contributed by atoms with Crippen molar-refractivity contribution in [1.29, 1.82) is 0 Å². The third-order valence-electron chi connectivity index (χ3n) is 5.29. The summed E-state index contributed by atoms with van der Waals surface area (Å²) in [5, 5.41) is 3.14. The van der Waals surface area contributed by atoms with E-state index in [0.29, 0.717) is 13.2 Å². The van der Waals surface area contributed by atoms with Crippen LogP contribution in [0.2, 0.25) is 0 Å². The van der Waals surface area contributed by atoms with Gasteiger partial charge in [-0.2, -0.15) is 0 Å². The first kappa shape index (κ1) is 21.7. The fourth-order valence-corrected chi connectivity index (χ4v) is 3.45. The summed E-state index contributed by atoms with van der Waals surface area (Å²) < 4.78 is 17.2. The van der Waals surface area contributed by atoms with Crippen LogP contribution in [-0.4, -0.2) is 27.4 Å². The molecule has 3 rings (SSSR count). The van der Waals surface area contributed by atoms with Gasteiger partial charge in [-0.3, -0.25) is 0 Å². The summed E-state index contributed by atoms with van der Waals surface area (Å²) in [7, 11) is 3.57. The molecule has 0 aliphatic heterocycles. The summed E-state index contributed by atoms with van der Waals surface area (Å²) in [6, 6.07) is 24.8. The maximum atomic E-state index is 5.89. The minimum absolute atomic E-state index is 0.0577. The second kappa shape index (κ2) is 10.2. The van der Waals surface area contributed by atoms with Gasteiger partial charge in [0.25, 0.3) is 0 Å². The van der Waals surface area contributed by atoms with E-state index in [1.165, 1.54) is 11.1 Å². The van der Waals surface area contributed by atoms with Gasteiger partial charge < -0.3 is 19.5 Å². The summed E-state index contributed by atoms with van der Waals surface area (Å²) in [5.74, 6) is 2.29. The lowest BCUT2D eigenvalue weighted by Crippen LogP contribution is -2.18.